The van der Waals surface area contributed by atoms with Crippen molar-refractivity contribution in [3.63, 3.8) is 0 Å². The Labute approximate surface area is 129 Å². The number of hydrogen-bond acceptors (Lipinski definition) is 3. The van der Waals surface area contributed by atoms with Gasteiger partial charge in [-0.2, -0.15) is 0 Å². The molecule has 2 aliphatic heterocycles. The lowest BCUT2D eigenvalue weighted by atomic mass is 10.0. The lowest BCUT2D eigenvalue weighted by molar-refractivity contribution is -0.115. The van der Waals surface area contributed by atoms with Gasteiger partial charge < -0.3 is 20.7 Å². The first kappa shape index (κ1) is 14.8. The summed E-state index contributed by atoms with van der Waals surface area (Å²) in [5.74, 6) is 0.433. The fraction of sp³-hybridized carbons (Fsp3) is 0.500. The topological polar surface area (TPSA) is 79.5 Å². The molecule has 1 aromatic rings. The minimum Gasteiger partial charge on any atom is -0.381 e. The van der Waals surface area contributed by atoms with Crippen molar-refractivity contribution in [1.29, 1.82) is 0 Å². The van der Waals surface area contributed by atoms with Gasteiger partial charge in [0.1, 0.15) is 0 Å². The molecule has 2 atom stereocenters. The number of fused-ring (bicyclic) bond motifs is 1. The van der Waals surface area contributed by atoms with E-state index in [4.69, 9.17) is 4.74 Å². The van der Waals surface area contributed by atoms with Gasteiger partial charge in [-0.25, -0.2) is 4.79 Å². The van der Waals surface area contributed by atoms with E-state index in [0.29, 0.717) is 18.9 Å². The Morgan fingerprint density at radius 1 is 1.50 bits per heavy atom. The van der Waals surface area contributed by atoms with Crippen molar-refractivity contribution < 1.29 is 14.3 Å². The molecule has 0 unspecified atom stereocenters. The molecule has 2 aliphatic rings. The predicted molar refractivity (Wildman–Crippen MR) is 82.7 cm³/mol. The number of carbonyl (C=O) groups excluding carboxylic acids is 2. The molecule has 1 aromatic carbocycles. The number of carbonyl (C=O) groups is 2. The number of amides is 3. The Balaban J connectivity index is 1.53. The molecule has 3 N–H and O–H groups in total. The highest BCUT2D eigenvalue weighted by molar-refractivity contribution is 5.99. The molecular formula is C16H21N3O3. The van der Waals surface area contributed by atoms with Crippen LogP contribution in [0.15, 0.2) is 18.2 Å². The van der Waals surface area contributed by atoms with Gasteiger partial charge in [-0.05, 0) is 30.5 Å². The Kier molecular flexibility index (Phi) is 4.29. The number of anilines is 1. The minimum absolute atomic E-state index is 0.0179. The number of nitrogens with one attached hydrogen (secondary N) is 3. The van der Waals surface area contributed by atoms with E-state index in [-0.39, 0.29) is 18.0 Å². The number of ether oxygens (including phenoxy) is 1. The molecule has 22 heavy (non-hydrogen) atoms. The SMILES string of the molecule is C[C@H](NC(=O)NC[C@H]1CCOC1)c1ccc2c(c1)CC(=O)N2. The zero-order chi connectivity index (χ0) is 15.5. The molecule has 3 rings (SSSR count). The molecule has 0 bridgehead atoms. The van der Waals surface area contributed by atoms with Crippen LogP contribution < -0.4 is 16.0 Å². The van der Waals surface area contributed by atoms with Crippen LogP contribution in [0, 0.1) is 5.92 Å². The molecule has 6 nitrogen and oxygen atoms in total. The Morgan fingerprint density at radius 2 is 2.36 bits per heavy atom. The van der Waals surface area contributed by atoms with E-state index in [2.05, 4.69) is 16.0 Å². The molecule has 0 spiro atoms. The van der Waals surface area contributed by atoms with E-state index in [1.165, 1.54) is 0 Å². The Morgan fingerprint density at radius 3 is 3.14 bits per heavy atom. The second-order valence-corrected chi connectivity index (χ2v) is 5.95. The van der Waals surface area contributed by atoms with Gasteiger partial charge in [-0.1, -0.05) is 12.1 Å². The molecule has 6 heteroatoms. The summed E-state index contributed by atoms with van der Waals surface area (Å²) in [6.45, 7) is 4.08. The van der Waals surface area contributed by atoms with Crippen molar-refractivity contribution in [1.82, 2.24) is 10.6 Å². The quantitative estimate of drug-likeness (QED) is 0.790. The van der Waals surface area contributed by atoms with Crippen molar-refractivity contribution in [2.75, 3.05) is 25.1 Å². The monoisotopic (exact) mass is 303 g/mol. The van der Waals surface area contributed by atoms with Gasteiger partial charge in [-0.15, -0.1) is 0 Å². The van der Waals surface area contributed by atoms with Crippen LogP contribution in [0.4, 0.5) is 10.5 Å². The first-order chi connectivity index (χ1) is 10.6. The van der Waals surface area contributed by atoms with Crippen LogP contribution in [-0.2, 0) is 16.0 Å². The summed E-state index contributed by atoms with van der Waals surface area (Å²) in [5.41, 5.74) is 2.85. The van der Waals surface area contributed by atoms with Gasteiger partial charge in [0.05, 0.1) is 19.1 Å². The van der Waals surface area contributed by atoms with Crippen LogP contribution in [-0.4, -0.2) is 31.7 Å². The van der Waals surface area contributed by atoms with Crippen LogP contribution in [0.2, 0.25) is 0 Å². The van der Waals surface area contributed by atoms with Crippen molar-refractivity contribution in [2.24, 2.45) is 5.92 Å². The molecule has 1 fully saturated rings. The third kappa shape index (κ3) is 3.39. The van der Waals surface area contributed by atoms with Gasteiger partial charge in [0, 0.05) is 24.8 Å². The molecule has 0 aromatic heterocycles. The van der Waals surface area contributed by atoms with Gasteiger partial charge in [0.25, 0.3) is 0 Å². The summed E-state index contributed by atoms with van der Waals surface area (Å²) in [5, 5.41) is 8.62. The summed E-state index contributed by atoms with van der Waals surface area (Å²) in [7, 11) is 0. The predicted octanol–water partition coefficient (Wildman–Crippen LogP) is 1.58. The maximum absolute atomic E-state index is 11.9. The van der Waals surface area contributed by atoms with Gasteiger partial charge in [0.15, 0.2) is 0 Å². The van der Waals surface area contributed by atoms with Crippen molar-refractivity contribution >= 4 is 17.6 Å². The average Bonchev–Trinajstić information content (AvgIpc) is 3.12. The molecule has 118 valence electrons. The van der Waals surface area contributed by atoms with E-state index >= 15 is 0 Å². The summed E-state index contributed by atoms with van der Waals surface area (Å²) < 4.78 is 5.29. The van der Waals surface area contributed by atoms with Crippen LogP contribution in [0.1, 0.15) is 30.5 Å². The maximum atomic E-state index is 11.9. The second kappa shape index (κ2) is 6.36. The van der Waals surface area contributed by atoms with E-state index in [9.17, 15) is 9.59 Å². The maximum Gasteiger partial charge on any atom is 0.315 e. The summed E-state index contributed by atoms with van der Waals surface area (Å²) in [6.07, 6.45) is 1.41. The van der Waals surface area contributed by atoms with Crippen LogP contribution in [0.25, 0.3) is 0 Å². The largest absolute Gasteiger partial charge is 0.381 e. The van der Waals surface area contributed by atoms with Crippen LogP contribution >= 0.6 is 0 Å². The van der Waals surface area contributed by atoms with Crippen molar-refractivity contribution in [3.05, 3.63) is 29.3 Å². The fourth-order valence-electron chi connectivity index (χ4n) is 2.83. The van der Waals surface area contributed by atoms with Gasteiger partial charge in [0.2, 0.25) is 5.91 Å². The van der Waals surface area contributed by atoms with Crippen molar-refractivity contribution in [2.45, 2.75) is 25.8 Å². The van der Waals surface area contributed by atoms with Crippen LogP contribution in [0.5, 0.6) is 0 Å². The molecule has 1 saturated heterocycles. The second-order valence-electron chi connectivity index (χ2n) is 5.95. The van der Waals surface area contributed by atoms with Gasteiger partial charge >= 0.3 is 6.03 Å². The van der Waals surface area contributed by atoms with E-state index in [1.54, 1.807) is 0 Å². The lowest BCUT2D eigenvalue weighted by Crippen LogP contribution is -2.39. The molecule has 2 heterocycles. The van der Waals surface area contributed by atoms with Crippen molar-refractivity contribution in [3.8, 4) is 0 Å². The zero-order valence-electron chi connectivity index (χ0n) is 12.6. The third-order valence-electron chi connectivity index (χ3n) is 4.18. The summed E-state index contributed by atoms with van der Waals surface area (Å²) >= 11 is 0. The minimum atomic E-state index is -0.172. The highest BCUT2D eigenvalue weighted by Crippen LogP contribution is 2.26. The lowest BCUT2D eigenvalue weighted by Gasteiger charge is -2.17. The van der Waals surface area contributed by atoms with E-state index in [1.807, 2.05) is 25.1 Å². The molecule has 0 radical (unpaired) electrons. The number of rotatable bonds is 4. The molecule has 0 aliphatic carbocycles. The first-order valence-corrected chi connectivity index (χ1v) is 7.66. The Hall–Kier alpha value is -2.08. The highest BCUT2D eigenvalue weighted by atomic mass is 16.5. The molecule has 0 saturated carbocycles. The first-order valence-electron chi connectivity index (χ1n) is 7.66. The van der Waals surface area contributed by atoms with Crippen LogP contribution in [0.3, 0.4) is 0 Å². The summed E-state index contributed by atoms with van der Waals surface area (Å²) in [4.78, 5) is 23.3. The zero-order valence-corrected chi connectivity index (χ0v) is 12.6. The number of benzene rings is 1. The summed E-state index contributed by atoms with van der Waals surface area (Å²) in [6, 6.07) is 5.51. The highest BCUT2D eigenvalue weighted by Gasteiger charge is 2.20. The van der Waals surface area contributed by atoms with Gasteiger partial charge in [-0.3, -0.25) is 4.79 Å². The Bertz CT molecular complexity index is 582. The smallest absolute Gasteiger partial charge is 0.315 e. The average molecular weight is 303 g/mol. The third-order valence-corrected chi connectivity index (χ3v) is 4.18. The van der Waals surface area contributed by atoms with E-state index < -0.39 is 0 Å². The fourth-order valence-corrected chi connectivity index (χ4v) is 2.83. The molecular weight excluding hydrogens is 282 g/mol. The molecule has 3 amide bonds. The number of urea groups is 1. The standard InChI is InChI=1S/C16H21N3O3/c1-10(18-16(21)17-8-11-4-5-22-9-11)12-2-3-14-13(6-12)7-15(20)19-14/h2-3,6,10-11H,4-5,7-9H2,1H3,(H,19,20)(H2,17,18,21)/t10-,11+/m0/s1. The number of hydrogen-bond donors (Lipinski definition) is 3. The van der Waals surface area contributed by atoms with E-state index in [0.717, 1.165) is 36.4 Å². The normalized spacial score (nSPS) is 21.1.